The highest BCUT2D eigenvalue weighted by Gasteiger charge is 2.51. The van der Waals surface area contributed by atoms with E-state index in [9.17, 15) is 5.26 Å². The van der Waals surface area contributed by atoms with Crippen molar-refractivity contribution in [2.24, 2.45) is 0 Å². The molecular formula is C25H23BN2O2. The third-order valence-electron chi connectivity index (χ3n) is 6.46. The lowest BCUT2D eigenvalue weighted by Crippen LogP contribution is -2.41. The van der Waals surface area contributed by atoms with Gasteiger partial charge in [-0.05, 0) is 63.5 Å². The average Bonchev–Trinajstić information content (AvgIpc) is 3.17. The lowest BCUT2D eigenvalue weighted by molar-refractivity contribution is 0.00578. The number of para-hydroxylation sites is 1. The van der Waals surface area contributed by atoms with Gasteiger partial charge in [-0.1, -0.05) is 36.4 Å². The molecule has 148 valence electrons. The highest BCUT2D eigenvalue weighted by Crippen LogP contribution is 2.37. The van der Waals surface area contributed by atoms with Gasteiger partial charge in [0.15, 0.2) is 0 Å². The summed E-state index contributed by atoms with van der Waals surface area (Å²) in [4.78, 5) is 0. The zero-order chi connectivity index (χ0) is 21.1. The van der Waals surface area contributed by atoms with Crippen LogP contribution >= 0.6 is 0 Å². The van der Waals surface area contributed by atoms with Crippen molar-refractivity contribution in [2.45, 2.75) is 38.9 Å². The zero-order valence-corrected chi connectivity index (χ0v) is 17.6. The molecule has 0 radical (unpaired) electrons. The molecule has 0 spiro atoms. The molecule has 1 fully saturated rings. The number of aromatic nitrogens is 1. The number of nitriles is 1. The van der Waals surface area contributed by atoms with E-state index >= 15 is 0 Å². The minimum absolute atomic E-state index is 0.388. The van der Waals surface area contributed by atoms with Crippen LogP contribution in [0.15, 0.2) is 66.7 Å². The topological polar surface area (TPSA) is 47.2 Å². The van der Waals surface area contributed by atoms with Crippen LogP contribution in [0.25, 0.3) is 27.5 Å². The van der Waals surface area contributed by atoms with Gasteiger partial charge in [0.1, 0.15) is 0 Å². The Labute approximate surface area is 176 Å². The normalized spacial score (nSPS) is 17.5. The molecule has 0 unspecified atom stereocenters. The first kappa shape index (κ1) is 18.9. The number of benzene rings is 3. The fourth-order valence-electron chi connectivity index (χ4n) is 4.09. The summed E-state index contributed by atoms with van der Waals surface area (Å²) in [7, 11) is -0.420. The second kappa shape index (κ2) is 6.47. The Morgan fingerprint density at radius 1 is 0.800 bits per heavy atom. The molecule has 0 aliphatic carbocycles. The fraction of sp³-hybridized carbons (Fsp3) is 0.240. The van der Waals surface area contributed by atoms with Crippen molar-refractivity contribution < 1.29 is 9.31 Å². The van der Waals surface area contributed by atoms with E-state index in [-0.39, 0.29) is 11.2 Å². The van der Waals surface area contributed by atoms with E-state index in [4.69, 9.17) is 9.31 Å². The van der Waals surface area contributed by atoms with E-state index in [2.05, 4.69) is 68.7 Å². The van der Waals surface area contributed by atoms with Crippen LogP contribution in [0.4, 0.5) is 0 Å². The number of hydrogen-bond acceptors (Lipinski definition) is 3. The van der Waals surface area contributed by atoms with Crippen LogP contribution in [0.2, 0.25) is 0 Å². The minimum atomic E-state index is -0.420. The number of hydrogen-bond donors (Lipinski definition) is 0. The average molecular weight is 394 g/mol. The van der Waals surface area contributed by atoms with Crippen LogP contribution in [0.1, 0.15) is 33.3 Å². The Hall–Kier alpha value is -3.07. The third-order valence-corrected chi connectivity index (χ3v) is 6.46. The van der Waals surface area contributed by atoms with Gasteiger partial charge < -0.3 is 13.9 Å². The van der Waals surface area contributed by atoms with Gasteiger partial charge in [-0.25, -0.2) is 0 Å². The molecular weight excluding hydrogens is 371 g/mol. The highest BCUT2D eigenvalue weighted by molar-refractivity contribution is 6.62. The van der Waals surface area contributed by atoms with Crippen molar-refractivity contribution in [3.63, 3.8) is 0 Å². The molecule has 5 rings (SSSR count). The van der Waals surface area contributed by atoms with Crippen LogP contribution in [0.3, 0.4) is 0 Å². The monoisotopic (exact) mass is 394 g/mol. The van der Waals surface area contributed by atoms with Crippen molar-refractivity contribution in [3.05, 3.63) is 72.3 Å². The summed E-state index contributed by atoms with van der Waals surface area (Å²) in [5.74, 6) is 0. The summed E-state index contributed by atoms with van der Waals surface area (Å²) in [5, 5.41) is 11.7. The quantitative estimate of drug-likeness (QED) is 0.452. The van der Waals surface area contributed by atoms with Crippen molar-refractivity contribution in [1.29, 1.82) is 5.26 Å². The van der Waals surface area contributed by atoms with E-state index in [1.54, 1.807) is 0 Å². The molecule has 1 aliphatic heterocycles. The minimum Gasteiger partial charge on any atom is -0.399 e. The van der Waals surface area contributed by atoms with Gasteiger partial charge in [0, 0.05) is 16.5 Å². The molecule has 0 atom stereocenters. The summed E-state index contributed by atoms with van der Waals surface area (Å²) in [6, 6.07) is 24.7. The Kier molecular flexibility index (Phi) is 4.08. The van der Waals surface area contributed by atoms with Crippen LogP contribution in [0.5, 0.6) is 0 Å². The Bertz CT molecular complexity index is 1300. The summed E-state index contributed by atoms with van der Waals surface area (Å²) < 4.78 is 14.8. The summed E-state index contributed by atoms with van der Waals surface area (Å²) >= 11 is 0. The third kappa shape index (κ3) is 2.76. The molecule has 1 aliphatic rings. The predicted molar refractivity (Wildman–Crippen MR) is 121 cm³/mol. The largest absolute Gasteiger partial charge is 0.494 e. The molecule has 1 aromatic heterocycles. The number of fused-ring (bicyclic) bond motifs is 3. The molecule has 30 heavy (non-hydrogen) atoms. The number of nitrogens with zero attached hydrogens (tertiary/aromatic N) is 2. The van der Waals surface area contributed by atoms with Crippen LogP contribution < -0.4 is 5.46 Å². The first-order chi connectivity index (χ1) is 14.3. The first-order valence-corrected chi connectivity index (χ1v) is 10.2. The van der Waals surface area contributed by atoms with Gasteiger partial charge >= 0.3 is 7.12 Å². The molecule has 0 N–H and O–H groups in total. The maximum absolute atomic E-state index is 9.43. The lowest BCUT2D eigenvalue weighted by Gasteiger charge is -2.32. The lowest BCUT2D eigenvalue weighted by atomic mass is 9.79. The molecule has 3 aromatic carbocycles. The fourth-order valence-corrected chi connectivity index (χ4v) is 4.09. The van der Waals surface area contributed by atoms with Crippen molar-refractivity contribution in [2.75, 3.05) is 0 Å². The Balaban J connectivity index is 1.76. The van der Waals surface area contributed by atoms with E-state index in [1.807, 2.05) is 36.4 Å². The smallest absolute Gasteiger partial charge is 0.399 e. The van der Waals surface area contributed by atoms with Crippen LogP contribution in [-0.2, 0) is 9.31 Å². The summed E-state index contributed by atoms with van der Waals surface area (Å²) in [6.07, 6.45) is 0. The van der Waals surface area contributed by atoms with Crippen LogP contribution in [0, 0.1) is 11.3 Å². The van der Waals surface area contributed by atoms with Crippen LogP contribution in [-0.4, -0.2) is 22.9 Å². The van der Waals surface area contributed by atoms with Gasteiger partial charge in [0.2, 0.25) is 0 Å². The van der Waals surface area contributed by atoms with Gasteiger partial charge in [0.05, 0.1) is 33.9 Å². The van der Waals surface area contributed by atoms with Gasteiger partial charge in [0.25, 0.3) is 0 Å². The maximum Gasteiger partial charge on any atom is 0.494 e. The molecule has 5 heteroatoms. The zero-order valence-electron chi connectivity index (χ0n) is 17.6. The van der Waals surface area contributed by atoms with Crippen molar-refractivity contribution in [3.8, 4) is 11.8 Å². The molecule has 0 saturated carbocycles. The second-order valence-electron chi connectivity index (χ2n) is 8.88. The predicted octanol–water partition coefficient (Wildman–Crippen LogP) is 4.95. The Morgan fingerprint density at radius 2 is 1.40 bits per heavy atom. The summed E-state index contributed by atoms with van der Waals surface area (Å²) in [6.45, 7) is 8.26. The van der Waals surface area contributed by atoms with Crippen molar-refractivity contribution in [1.82, 2.24) is 4.57 Å². The molecule has 4 nitrogen and oxygen atoms in total. The molecule has 2 heterocycles. The molecule has 0 amide bonds. The van der Waals surface area contributed by atoms with Gasteiger partial charge in [-0.15, -0.1) is 0 Å². The second-order valence-corrected chi connectivity index (χ2v) is 8.88. The van der Waals surface area contributed by atoms with E-state index in [1.165, 1.54) is 0 Å². The van der Waals surface area contributed by atoms with E-state index < -0.39 is 7.12 Å². The van der Waals surface area contributed by atoms with Crippen molar-refractivity contribution >= 4 is 34.4 Å². The number of rotatable bonds is 2. The van der Waals surface area contributed by atoms with E-state index in [0.29, 0.717) is 5.56 Å². The van der Waals surface area contributed by atoms with E-state index in [0.717, 1.165) is 33.0 Å². The molecule has 4 aromatic rings. The first-order valence-electron chi connectivity index (χ1n) is 10.2. The maximum atomic E-state index is 9.43. The SMILES string of the molecule is CC1(C)OB(c2ccc3c4ccc(C#N)cc4n(-c4ccccc4)c3c2)OC1(C)C. The molecule has 1 saturated heterocycles. The summed E-state index contributed by atoms with van der Waals surface area (Å²) in [5.41, 5.74) is 4.00. The standard InChI is InChI=1S/C25H23BN2O2/c1-24(2)25(3,4)30-26(29-24)18-11-13-21-20-12-10-17(16-27)14-22(20)28(23(21)15-18)19-8-6-5-7-9-19/h5-15H,1-4H3. The molecule has 0 bridgehead atoms. The Morgan fingerprint density at radius 3 is 2.03 bits per heavy atom. The van der Waals surface area contributed by atoms with Gasteiger partial charge in [-0.3, -0.25) is 0 Å². The van der Waals surface area contributed by atoms with Gasteiger partial charge in [-0.2, -0.15) is 5.26 Å². The highest BCUT2D eigenvalue weighted by atomic mass is 16.7.